The lowest BCUT2D eigenvalue weighted by Crippen LogP contribution is -1.85. The number of azo groups is 1. The molecule has 0 aliphatic heterocycles. The van der Waals surface area contributed by atoms with Crippen molar-refractivity contribution in [3.05, 3.63) is 84.1 Å². The first kappa shape index (κ1) is 15.3. The molecule has 2 aromatic heterocycles. The fraction of sp³-hybridized carbons (Fsp3) is 0.0952. The molecule has 0 radical (unpaired) electrons. The largest absolute Gasteiger partial charge is 0.282 e. The summed E-state index contributed by atoms with van der Waals surface area (Å²) in [5, 5.41) is 9.05. The number of aromatic nitrogens is 2. The third-order valence-corrected chi connectivity index (χ3v) is 4.16. The summed E-state index contributed by atoms with van der Waals surface area (Å²) >= 11 is 0. The predicted molar refractivity (Wildman–Crippen MR) is 101 cm³/mol. The van der Waals surface area contributed by atoms with Crippen LogP contribution < -0.4 is 0 Å². The minimum absolute atomic E-state index is 0.744. The van der Waals surface area contributed by atoms with Crippen molar-refractivity contribution in [1.29, 1.82) is 0 Å². The smallest absolute Gasteiger partial charge is 0.187 e. The SMILES string of the molecule is Cc1ccc2nc(-c3ccccc3)c(N=Nc3ccccc3C)n2c1. The normalized spacial score (nSPS) is 11.4. The molecular weight excluding hydrogens is 308 g/mol. The molecule has 0 saturated heterocycles. The fourth-order valence-electron chi connectivity index (χ4n) is 2.80. The summed E-state index contributed by atoms with van der Waals surface area (Å²) in [4.78, 5) is 4.77. The first-order valence-electron chi connectivity index (χ1n) is 8.24. The number of nitrogens with zero attached hydrogens (tertiary/aromatic N) is 4. The molecule has 0 saturated carbocycles. The molecule has 4 heteroatoms. The maximum absolute atomic E-state index is 4.77. The zero-order valence-corrected chi connectivity index (χ0v) is 14.2. The van der Waals surface area contributed by atoms with Gasteiger partial charge in [-0.2, -0.15) is 0 Å². The van der Waals surface area contributed by atoms with E-state index in [1.54, 1.807) is 0 Å². The number of hydrogen-bond acceptors (Lipinski definition) is 3. The van der Waals surface area contributed by atoms with Crippen LogP contribution in [0.5, 0.6) is 0 Å². The van der Waals surface area contributed by atoms with Crippen LogP contribution in [0, 0.1) is 13.8 Å². The van der Waals surface area contributed by atoms with Crippen LogP contribution in [0.2, 0.25) is 0 Å². The number of hydrogen-bond donors (Lipinski definition) is 0. The van der Waals surface area contributed by atoms with E-state index in [0.717, 1.165) is 39.5 Å². The van der Waals surface area contributed by atoms with Crippen molar-refractivity contribution in [1.82, 2.24) is 9.38 Å². The van der Waals surface area contributed by atoms with E-state index in [1.807, 2.05) is 78.2 Å². The Morgan fingerprint density at radius 1 is 0.800 bits per heavy atom. The van der Waals surface area contributed by atoms with Crippen molar-refractivity contribution in [2.24, 2.45) is 10.2 Å². The minimum atomic E-state index is 0.744. The lowest BCUT2D eigenvalue weighted by atomic mass is 10.1. The summed E-state index contributed by atoms with van der Waals surface area (Å²) in [6, 6.07) is 22.1. The number of imidazole rings is 1. The second-order valence-corrected chi connectivity index (χ2v) is 6.07. The van der Waals surface area contributed by atoms with E-state index in [-0.39, 0.29) is 0 Å². The van der Waals surface area contributed by atoms with Crippen LogP contribution in [0.4, 0.5) is 11.5 Å². The topological polar surface area (TPSA) is 42.0 Å². The Morgan fingerprint density at radius 2 is 1.56 bits per heavy atom. The molecule has 2 heterocycles. The van der Waals surface area contributed by atoms with Gasteiger partial charge in [-0.05, 0) is 37.1 Å². The highest BCUT2D eigenvalue weighted by Gasteiger charge is 2.14. The Hall–Kier alpha value is -3.27. The van der Waals surface area contributed by atoms with Gasteiger partial charge in [-0.25, -0.2) is 4.98 Å². The number of aryl methyl sites for hydroxylation is 2. The minimum Gasteiger partial charge on any atom is -0.282 e. The average molecular weight is 326 g/mol. The third-order valence-electron chi connectivity index (χ3n) is 4.16. The van der Waals surface area contributed by atoms with E-state index in [1.165, 1.54) is 0 Å². The zero-order chi connectivity index (χ0) is 17.2. The molecule has 25 heavy (non-hydrogen) atoms. The molecular formula is C21H18N4. The summed E-state index contributed by atoms with van der Waals surface area (Å²) in [6.45, 7) is 4.09. The first-order chi connectivity index (χ1) is 12.2. The van der Waals surface area contributed by atoms with Gasteiger partial charge in [-0.15, -0.1) is 10.2 Å². The predicted octanol–water partition coefficient (Wildman–Crippen LogP) is 6.03. The average Bonchev–Trinajstić information content (AvgIpc) is 2.99. The van der Waals surface area contributed by atoms with Crippen molar-refractivity contribution in [3.8, 4) is 11.3 Å². The quantitative estimate of drug-likeness (QED) is 0.424. The van der Waals surface area contributed by atoms with Gasteiger partial charge in [0.05, 0.1) is 5.69 Å². The third kappa shape index (κ3) is 2.94. The number of pyridine rings is 1. The Bertz CT molecular complexity index is 1060. The highest BCUT2D eigenvalue weighted by molar-refractivity contribution is 5.74. The molecule has 0 bridgehead atoms. The van der Waals surface area contributed by atoms with Gasteiger partial charge in [-0.1, -0.05) is 54.6 Å². The van der Waals surface area contributed by atoms with E-state index < -0.39 is 0 Å². The van der Waals surface area contributed by atoms with Crippen molar-refractivity contribution < 1.29 is 0 Å². The van der Waals surface area contributed by atoms with Crippen LogP contribution in [0.3, 0.4) is 0 Å². The summed E-state index contributed by atoms with van der Waals surface area (Å²) < 4.78 is 2.00. The van der Waals surface area contributed by atoms with Crippen molar-refractivity contribution in [2.45, 2.75) is 13.8 Å². The van der Waals surface area contributed by atoms with Gasteiger partial charge in [0.15, 0.2) is 5.82 Å². The molecule has 0 unspecified atom stereocenters. The fourth-order valence-corrected chi connectivity index (χ4v) is 2.80. The molecule has 0 aliphatic carbocycles. The van der Waals surface area contributed by atoms with Crippen LogP contribution in [0.15, 0.2) is 83.2 Å². The summed E-state index contributed by atoms with van der Waals surface area (Å²) in [5.41, 5.74) is 5.84. The van der Waals surface area contributed by atoms with Gasteiger partial charge in [0.2, 0.25) is 0 Å². The molecule has 0 atom stereocenters. The molecule has 4 aromatic rings. The summed E-state index contributed by atoms with van der Waals surface area (Å²) in [7, 11) is 0. The molecule has 2 aromatic carbocycles. The Kier molecular flexibility index (Phi) is 3.86. The van der Waals surface area contributed by atoms with E-state index in [0.29, 0.717) is 0 Å². The Balaban J connectivity index is 1.91. The van der Waals surface area contributed by atoms with Gasteiger partial charge >= 0.3 is 0 Å². The number of fused-ring (bicyclic) bond motifs is 1. The van der Waals surface area contributed by atoms with Gasteiger partial charge in [-0.3, -0.25) is 4.40 Å². The van der Waals surface area contributed by atoms with Crippen LogP contribution >= 0.6 is 0 Å². The van der Waals surface area contributed by atoms with Crippen LogP contribution in [-0.2, 0) is 0 Å². The zero-order valence-electron chi connectivity index (χ0n) is 14.2. The molecule has 0 spiro atoms. The summed E-state index contributed by atoms with van der Waals surface area (Å²) in [6.07, 6.45) is 2.04. The lowest BCUT2D eigenvalue weighted by Gasteiger charge is -2.01. The van der Waals surface area contributed by atoms with Gasteiger partial charge < -0.3 is 0 Å². The molecule has 4 rings (SSSR count). The van der Waals surface area contributed by atoms with Crippen LogP contribution in [-0.4, -0.2) is 9.38 Å². The highest BCUT2D eigenvalue weighted by Crippen LogP contribution is 2.32. The lowest BCUT2D eigenvalue weighted by molar-refractivity contribution is 1.09. The molecule has 0 aliphatic rings. The Labute approximate surface area is 146 Å². The van der Waals surface area contributed by atoms with Crippen LogP contribution in [0.1, 0.15) is 11.1 Å². The monoisotopic (exact) mass is 326 g/mol. The molecule has 0 fully saturated rings. The van der Waals surface area contributed by atoms with Crippen molar-refractivity contribution in [2.75, 3.05) is 0 Å². The maximum Gasteiger partial charge on any atom is 0.187 e. The van der Waals surface area contributed by atoms with E-state index in [4.69, 9.17) is 4.98 Å². The molecule has 4 nitrogen and oxygen atoms in total. The van der Waals surface area contributed by atoms with Crippen molar-refractivity contribution >= 4 is 17.2 Å². The highest BCUT2D eigenvalue weighted by atomic mass is 15.2. The van der Waals surface area contributed by atoms with Crippen LogP contribution in [0.25, 0.3) is 16.9 Å². The van der Waals surface area contributed by atoms with E-state index in [9.17, 15) is 0 Å². The molecule has 0 N–H and O–H groups in total. The van der Waals surface area contributed by atoms with Gasteiger partial charge in [0.1, 0.15) is 11.3 Å². The van der Waals surface area contributed by atoms with E-state index in [2.05, 4.69) is 23.2 Å². The Morgan fingerprint density at radius 3 is 2.36 bits per heavy atom. The molecule has 122 valence electrons. The van der Waals surface area contributed by atoms with Crippen molar-refractivity contribution in [3.63, 3.8) is 0 Å². The number of benzene rings is 2. The van der Waals surface area contributed by atoms with Gasteiger partial charge in [0.25, 0.3) is 0 Å². The maximum atomic E-state index is 4.77. The standard InChI is InChI=1S/C21H18N4/c1-15-12-13-19-22-20(17-9-4-3-5-10-17)21(25(19)14-15)24-23-18-11-7-6-8-16(18)2/h3-14H,1-2H3. The second kappa shape index (κ2) is 6.32. The number of rotatable bonds is 3. The summed E-state index contributed by atoms with van der Waals surface area (Å²) in [5.74, 6) is 0.744. The second-order valence-electron chi connectivity index (χ2n) is 6.07. The first-order valence-corrected chi connectivity index (χ1v) is 8.24. The molecule has 0 amide bonds. The van der Waals surface area contributed by atoms with Gasteiger partial charge in [0, 0.05) is 11.8 Å². The van der Waals surface area contributed by atoms with E-state index >= 15 is 0 Å².